The molecule has 1 amide bonds. The number of nitrogens with zero attached hydrogens (tertiary/aromatic N) is 2. The van der Waals surface area contributed by atoms with Gasteiger partial charge in [0.1, 0.15) is 0 Å². The summed E-state index contributed by atoms with van der Waals surface area (Å²) >= 11 is 0. The molecule has 1 N–H and O–H groups in total. The molecule has 0 bridgehead atoms. The van der Waals surface area contributed by atoms with Crippen LogP contribution < -0.4 is 10.7 Å². The Morgan fingerprint density at radius 1 is 1.12 bits per heavy atom. The fraction of sp³-hybridized carbons (Fsp3) is 0.286. The zero-order valence-corrected chi connectivity index (χ0v) is 14.9. The minimum Gasteiger partial charge on any atom is -0.355 e. The van der Waals surface area contributed by atoms with Crippen molar-refractivity contribution in [2.45, 2.75) is 32.2 Å². The molecule has 134 valence electrons. The normalized spacial score (nSPS) is 12.0. The Morgan fingerprint density at radius 2 is 1.85 bits per heavy atom. The van der Waals surface area contributed by atoms with Crippen molar-refractivity contribution in [3.05, 3.63) is 76.6 Å². The largest absolute Gasteiger partial charge is 0.355 e. The van der Waals surface area contributed by atoms with Gasteiger partial charge >= 0.3 is 0 Å². The van der Waals surface area contributed by atoms with Gasteiger partial charge in [0.15, 0.2) is 0 Å². The Kier molecular flexibility index (Phi) is 5.79. The maximum absolute atomic E-state index is 12.3. The summed E-state index contributed by atoms with van der Waals surface area (Å²) in [5.41, 5.74) is 1.89. The number of carbonyl (C=O) groups is 1. The topological polar surface area (TPSA) is 64.0 Å². The van der Waals surface area contributed by atoms with E-state index >= 15 is 0 Å². The maximum Gasteiger partial charge on any atom is 0.221 e. The van der Waals surface area contributed by atoms with Crippen molar-refractivity contribution in [2.24, 2.45) is 0 Å². The third-order valence-electron chi connectivity index (χ3n) is 4.62. The lowest BCUT2D eigenvalue weighted by molar-refractivity contribution is -0.121. The van der Waals surface area contributed by atoms with Crippen molar-refractivity contribution in [1.82, 2.24) is 15.1 Å². The molecule has 5 nitrogen and oxygen atoms in total. The zero-order chi connectivity index (χ0) is 18.4. The van der Waals surface area contributed by atoms with Gasteiger partial charge in [0.2, 0.25) is 11.3 Å². The van der Waals surface area contributed by atoms with E-state index in [-0.39, 0.29) is 11.3 Å². The summed E-state index contributed by atoms with van der Waals surface area (Å²) in [5, 5.41) is 7.80. The first-order valence-electron chi connectivity index (χ1n) is 8.95. The fourth-order valence-electron chi connectivity index (χ4n) is 3.10. The van der Waals surface area contributed by atoms with Crippen LogP contribution in [-0.2, 0) is 11.3 Å². The molecule has 2 aromatic carbocycles. The molecule has 0 aliphatic rings. The van der Waals surface area contributed by atoms with Crippen LogP contribution in [0, 0.1) is 0 Å². The quantitative estimate of drug-likeness (QED) is 0.713. The molecule has 3 aromatic rings. The van der Waals surface area contributed by atoms with Crippen LogP contribution >= 0.6 is 0 Å². The van der Waals surface area contributed by atoms with Gasteiger partial charge in [-0.05, 0) is 24.1 Å². The van der Waals surface area contributed by atoms with E-state index < -0.39 is 0 Å². The third-order valence-corrected chi connectivity index (χ3v) is 4.62. The average Bonchev–Trinajstić information content (AvgIpc) is 2.69. The van der Waals surface area contributed by atoms with Crippen molar-refractivity contribution in [1.29, 1.82) is 0 Å². The van der Waals surface area contributed by atoms with Crippen LogP contribution in [0.25, 0.3) is 10.9 Å². The van der Waals surface area contributed by atoms with Gasteiger partial charge in [-0.2, -0.15) is 5.10 Å². The summed E-state index contributed by atoms with van der Waals surface area (Å²) in [5.74, 6) is 0.301. The van der Waals surface area contributed by atoms with E-state index in [1.807, 2.05) is 36.4 Å². The second kappa shape index (κ2) is 8.43. The van der Waals surface area contributed by atoms with Gasteiger partial charge in [0.05, 0.1) is 18.3 Å². The minimum atomic E-state index is -0.102. The van der Waals surface area contributed by atoms with Crippen molar-refractivity contribution < 1.29 is 4.79 Å². The SMILES string of the molecule is CC[C@H](CNC(=O)CCn1ncc(=O)c2ccccc21)c1ccccc1. The van der Waals surface area contributed by atoms with E-state index in [4.69, 9.17) is 0 Å². The lowest BCUT2D eigenvalue weighted by atomic mass is 9.96. The number of hydrogen-bond acceptors (Lipinski definition) is 3. The standard InChI is InChI=1S/C21H23N3O2/c1-2-16(17-8-4-3-5-9-17)14-22-21(26)12-13-24-19-11-7-6-10-18(19)20(25)15-23-24/h3-11,15-16H,2,12-14H2,1H3,(H,22,26)/t16-/m1/s1. The van der Waals surface area contributed by atoms with E-state index in [1.165, 1.54) is 11.8 Å². The Hall–Kier alpha value is -2.95. The molecule has 1 aromatic heterocycles. The number of fused-ring (bicyclic) bond motifs is 1. The number of nitrogens with one attached hydrogen (secondary N) is 1. The molecule has 1 atom stereocenters. The van der Waals surface area contributed by atoms with E-state index in [9.17, 15) is 9.59 Å². The van der Waals surface area contributed by atoms with Crippen LogP contribution in [0.5, 0.6) is 0 Å². The second-order valence-corrected chi connectivity index (χ2v) is 6.32. The highest BCUT2D eigenvalue weighted by Crippen LogP contribution is 2.18. The monoisotopic (exact) mass is 349 g/mol. The molecule has 5 heteroatoms. The first-order valence-corrected chi connectivity index (χ1v) is 8.95. The van der Waals surface area contributed by atoms with Gasteiger partial charge < -0.3 is 5.32 Å². The molecule has 0 saturated carbocycles. The molecule has 0 radical (unpaired) electrons. The van der Waals surface area contributed by atoms with E-state index in [2.05, 4.69) is 29.5 Å². The van der Waals surface area contributed by atoms with Crippen LogP contribution in [0.3, 0.4) is 0 Å². The number of amides is 1. The van der Waals surface area contributed by atoms with Crippen LogP contribution in [0.4, 0.5) is 0 Å². The molecule has 0 unspecified atom stereocenters. The third kappa shape index (κ3) is 4.17. The summed E-state index contributed by atoms with van der Waals surface area (Å²) in [4.78, 5) is 24.1. The van der Waals surface area contributed by atoms with Crippen LogP contribution in [0.1, 0.15) is 31.2 Å². The number of hydrogen-bond donors (Lipinski definition) is 1. The molecule has 0 aliphatic carbocycles. The van der Waals surface area contributed by atoms with Crippen LogP contribution in [0.15, 0.2) is 65.6 Å². The summed E-state index contributed by atoms with van der Waals surface area (Å²) in [6.07, 6.45) is 2.60. The van der Waals surface area contributed by atoms with Crippen LogP contribution in [-0.4, -0.2) is 22.2 Å². The van der Waals surface area contributed by atoms with Crippen molar-refractivity contribution in [3.63, 3.8) is 0 Å². The summed E-state index contributed by atoms with van der Waals surface area (Å²) in [6, 6.07) is 17.6. The highest BCUT2D eigenvalue weighted by molar-refractivity contribution is 5.79. The molecular weight excluding hydrogens is 326 g/mol. The van der Waals surface area contributed by atoms with Crippen molar-refractivity contribution in [2.75, 3.05) is 6.54 Å². The summed E-state index contributed by atoms with van der Waals surface area (Å²) < 4.78 is 1.71. The number of para-hydroxylation sites is 1. The van der Waals surface area contributed by atoms with Crippen molar-refractivity contribution in [3.8, 4) is 0 Å². The number of aromatic nitrogens is 2. The van der Waals surface area contributed by atoms with E-state index in [0.29, 0.717) is 30.8 Å². The molecule has 26 heavy (non-hydrogen) atoms. The predicted molar refractivity (Wildman–Crippen MR) is 103 cm³/mol. The van der Waals surface area contributed by atoms with Gasteiger partial charge in [-0.1, -0.05) is 49.4 Å². The Morgan fingerprint density at radius 3 is 2.62 bits per heavy atom. The number of benzene rings is 2. The minimum absolute atomic E-state index is 0.0102. The highest BCUT2D eigenvalue weighted by atomic mass is 16.1. The van der Waals surface area contributed by atoms with Gasteiger partial charge in [-0.15, -0.1) is 0 Å². The average molecular weight is 349 g/mol. The first kappa shape index (κ1) is 17.9. The fourth-order valence-corrected chi connectivity index (χ4v) is 3.10. The highest BCUT2D eigenvalue weighted by Gasteiger charge is 2.11. The summed E-state index contributed by atoms with van der Waals surface area (Å²) in [6.45, 7) is 3.19. The molecular formula is C21H23N3O2. The zero-order valence-electron chi connectivity index (χ0n) is 14.9. The van der Waals surface area contributed by atoms with Crippen LogP contribution in [0.2, 0.25) is 0 Å². The number of rotatable bonds is 7. The maximum atomic E-state index is 12.3. The molecule has 0 aliphatic heterocycles. The smallest absolute Gasteiger partial charge is 0.221 e. The Bertz CT molecular complexity index is 935. The molecule has 0 fully saturated rings. The van der Waals surface area contributed by atoms with Gasteiger partial charge in [0.25, 0.3) is 0 Å². The lowest BCUT2D eigenvalue weighted by Gasteiger charge is -2.16. The second-order valence-electron chi connectivity index (χ2n) is 6.32. The Balaban J connectivity index is 1.60. The predicted octanol–water partition coefficient (Wildman–Crippen LogP) is 3.10. The van der Waals surface area contributed by atoms with Gasteiger partial charge in [-0.25, -0.2) is 0 Å². The summed E-state index contributed by atoms with van der Waals surface area (Å²) in [7, 11) is 0. The van der Waals surface area contributed by atoms with E-state index in [0.717, 1.165) is 11.9 Å². The molecule has 0 spiro atoms. The van der Waals surface area contributed by atoms with E-state index in [1.54, 1.807) is 10.7 Å². The van der Waals surface area contributed by atoms with Gasteiger partial charge in [0, 0.05) is 24.3 Å². The number of carbonyl (C=O) groups excluding carboxylic acids is 1. The molecule has 1 heterocycles. The van der Waals surface area contributed by atoms with Crippen molar-refractivity contribution >= 4 is 16.8 Å². The Labute approximate surface area is 152 Å². The lowest BCUT2D eigenvalue weighted by Crippen LogP contribution is -2.29. The first-order chi connectivity index (χ1) is 12.7. The molecule has 0 saturated heterocycles. The molecule has 3 rings (SSSR count). The van der Waals surface area contributed by atoms with Gasteiger partial charge in [-0.3, -0.25) is 14.3 Å². The number of aryl methyl sites for hydroxylation is 1.